The second kappa shape index (κ2) is 6.57. The molecule has 0 atom stereocenters. The molecule has 1 saturated heterocycles. The van der Waals surface area contributed by atoms with Crippen LogP contribution in [0.4, 0.5) is 4.79 Å². The zero-order valence-electron chi connectivity index (χ0n) is 13.1. The van der Waals surface area contributed by atoms with Crippen LogP contribution in [0.2, 0.25) is 5.02 Å². The number of carbonyl (C=O) groups is 2. The maximum atomic E-state index is 12.4. The van der Waals surface area contributed by atoms with Crippen LogP contribution < -0.4 is 0 Å². The normalized spacial score (nSPS) is 15.6. The highest BCUT2D eigenvalue weighted by molar-refractivity contribution is 6.30. The Balaban J connectivity index is 1.92. The van der Waals surface area contributed by atoms with Crippen molar-refractivity contribution < 1.29 is 14.3 Å². The molecule has 1 aromatic carbocycles. The van der Waals surface area contributed by atoms with Gasteiger partial charge in [-0.2, -0.15) is 0 Å². The van der Waals surface area contributed by atoms with E-state index in [-0.39, 0.29) is 12.0 Å². The van der Waals surface area contributed by atoms with Crippen molar-refractivity contribution in [2.45, 2.75) is 26.4 Å². The summed E-state index contributed by atoms with van der Waals surface area (Å²) in [6.45, 7) is 7.44. The second-order valence-corrected chi connectivity index (χ2v) is 6.71. The Morgan fingerprint density at radius 3 is 2.23 bits per heavy atom. The van der Waals surface area contributed by atoms with Gasteiger partial charge in [0.2, 0.25) is 0 Å². The van der Waals surface area contributed by atoms with Crippen molar-refractivity contribution in [1.82, 2.24) is 9.80 Å². The molecule has 2 amide bonds. The van der Waals surface area contributed by atoms with Gasteiger partial charge in [0.25, 0.3) is 5.91 Å². The number of hydrogen-bond donors (Lipinski definition) is 0. The Kier molecular flexibility index (Phi) is 4.96. The predicted molar refractivity (Wildman–Crippen MR) is 85.2 cm³/mol. The quantitative estimate of drug-likeness (QED) is 0.798. The Labute approximate surface area is 135 Å². The highest BCUT2D eigenvalue weighted by atomic mass is 35.5. The van der Waals surface area contributed by atoms with Crippen molar-refractivity contribution in [2.24, 2.45) is 0 Å². The summed E-state index contributed by atoms with van der Waals surface area (Å²) < 4.78 is 5.34. The summed E-state index contributed by atoms with van der Waals surface area (Å²) in [6.07, 6.45) is -0.331. The van der Waals surface area contributed by atoms with Gasteiger partial charge in [-0.15, -0.1) is 0 Å². The van der Waals surface area contributed by atoms with Crippen LogP contribution in [0.25, 0.3) is 0 Å². The first-order valence-corrected chi connectivity index (χ1v) is 7.67. The maximum Gasteiger partial charge on any atom is 0.410 e. The molecule has 1 aliphatic heterocycles. The average molecular weight is 325 g/mol. The zero-order valence-corrected chi connectivity index (χ0v) is 13.9. The number of halogens is 1. The van der Waals surface area contributed by atoms with Gasteiger partial charge < -0.3 is 14.5 Å². The van der Waals surface area contributed by atoms with Crippen molar-refractivity contribution in [3.8, 4) is 0 Å². The lowest BCUT2D eigenvalue weighted by atomic mass is 10.2. The molecule has 0 aromatic heterocycles. The number of rotatable bonds is 1. The molecule has 120 valence electrons. The molecule has 22 heavy (non-hydrogen) atoms. The van der Waals surface area contributed by atoms with Crippen LogP contribution >= 0.6 is 11.6 Å². The summed E-state index contributed by atoms with van der Waals surface area (Å²) in [4.78, 5) is 27.7. The van der Waals surface area contributed by atoms with E-state index in [4.69, 9.17) is 16.3 Å². The molecule has 1 heterocycles. The van der Waals surface area contributed by atoms with Crippen molar-refractivity contribution in [3.05, 3.63) is 34.9 Å². The first-order valence-electron chi connectivity index (χ1n) is 7.29. The van der Waals surface area contributed by atoms with Gasteiger partial charge in [-0.05, 0) is 39.0 Å². The Bertz CT molecular complexity index is 561. The van der Waals surface area contributed by atoms with Gasteiger partial charge in [-0.25, -0.2) is 4.79 Å². The molecule has 0 saturated carbocycles. The molecule has 5 nitrogen and oxygen atoms in total. The Morgan fingerprint density at radius 2 is 1.68 bits per heavy atom. The maximum absolute atomic E-state index is 12.4. The highest BCUT2D eigenvalue weighted by Gasteiger charge is 2.28. The molecule has 0 aliphatic carbocycles. The minimum absolute atomic E-state index is 0.0636. The fraction of sp³-hybridized carbons (Fsp3) is 0.500. The monoisotopic (exact) mass is 324 g/mol. The topological polar surface area (TPSA) is 49.9 Å². The molecule has 0 bridgehead atoms. The highest BCUT2D eigenvalue weighted by Crippen LogP contribution is 2.15. The molecular weight excluding hydrogens is 304 g/mol. The number of amides is 2. The molecule has 6 heteroatoms. The minimum atomic E-state index is -0.509. The van der Waals surface area contributed by atoms with Gasteiger partial charge >= 0.3 is 6.09 Å². The predicted octanol–water partition coefficient (Wildman–Crippen LogP) is 3.03. The molecule has 1 fully saturated rings. The average Bonchev–Trinajstić information content (AvgIpc) is 2.45. The van der Waals surface area contributed by atoms with Gasteiger partial charge in [0, 0.05) is 36.8 Å². The van der Waals surface area contributed by atoms with Crippen LogP contribution in [-0.4, -0.2) is 53.6 Å². The smallest absolute Gasteiger partial charge is 0.410 e. The van der Waals surface area contributed by atoms with Crippen molar-refractivity contribution in [1.29, 1.82) is 0 Å². The van der Waals surface area contributed by atoms with E-state index in [9.17, 15) is 9.59 Å². The first-order chi connectivity index (χ1) is 10.3. The standard InChI is InChI=1S/C16H21ClN2O3/c1-16(2,3)22-15(21)19-9-7-18(8-10-19)14(20)12-5-4-6-13(17)11-12/h4-6,11H,7-10H2,1-3H3. The van der Waals surface area contributed by atoms with Gasteiger partial charge in [0.05, 0.1) is 0 Å². The van der Waals surface area contributed by atoms with Crippen LogP contribution in [0.5, 0.6) is 0 Å². The van der Waals surface area contributed by atoms with Crippen LogP contribution in [0.15, 0.2) is 24.3 Å². The van der Waals surface area contributed by atoms with E-state index in [1.165, 1.54) is 0 Å². The fourth-order valence-corrected chi connectivity index (χ4v) is 2.41. The van der Waals surface area contributed by atoms with E-state index in [2.05, 4.69) is 0 Å². The molecule has 2 rings (SSSR count). The summed E-state index contributed by atoms with van der Waals surface area (Å²) in [5.41, 5.74) is 0.0587. The number of benzene rings is 1. The molecule has 0 radical (unpaired) electrons. The van der Waals surface area contributed by atoms with Gasteiger partial charge in [-0.1, -0.05) is 17.7 Å². The third kappa shape index (κ3) is 4.37. The lowest BCUT2D eigenvalue weighted by molar-refractivity contribution is 0.0141. The SMILES string of the molecule is CC(C)(C)OC(=O)N1CCN(C(=O)c2cccc(Cl)c2)CC1. The number of ether oxygens (including phenoxy) is 1. The number of nitrogens with zero attached hydrogens (tertiary/aromatic N) is 2. The molecule has 0 unspecified atom stereocenters. The van der Waals surface area contributed by atoms with Gasteiger partial charge in [0.1, 0.15) is 5.60 Å². The molecule has 1 aliphatic rings. The molecule has 0 N–H and O–H groups in total. The van der Waals surface area contributed by atoms with E-state index in [0.29, 0.717) is 36.8 Å². The molecular formula is C16H21ClN2O3. The molecule has 0 spiro atoms. The summed E-state index contributed by atoms with van der Waals surface area (Å²) >= 11 is 5.91. The van der Waals surface area contributed by atoms with E-state index < -0.39 is 5.60 Å². The van der Waals surface area contributed by atoms with Crippen molar-refractivity contribution in [3.63, 3.8) is 0 Å². The zero-order chi connectivity index (χ0) is 16.3. The van der Waals surface area contributed by atoms with Crippen molar-refractivity contribution in [2.75, 3.05) is 26.2 Å². The number of carbonyl (C=O) groups excluding carboxylic acids is 2. The van der Waals surface area contributed by atoms with Crippen molar-refractivity contribution >= 4 is 23.6 Å². The van der Waals surface area contributed by atoms with E-state index in [1.54, 1.807) is 34.1 Å². The third-order valence-corrected chi connectivity index (χ3v) is 3.53. The second-order valence-electron chi connectivity index (χ2n) is 6.27. The first kappa shape index (κ1) is 16.6. The van der Waals surface area contributed by atoms with Gasteiger partial charge in [0.15, 0.2) is 0 Å². The summed E-state index contributed by atoms with van der Waals surface area (Å²) in [5, 5.41) is 0.540. The largest absolute Gasteiger partial charge is 0.444 e. The van der Waals surface area contributed by atoms with E-state index >= 15 is 0 Å². The minimum Gasteiger partial charge on any atom is -0.444 e. The van der Waals surface area contributed by atoms with Crippen LogP contribution in [0, 0.1) is 0 Å². The van der Waals surface area contributed by atoms with Crippen LogP contribution in [0.3, 0.4) is 0 Å². The third-order valence-electron chi connectivity index (χ3n) is 3.29. The Morgan fingerprint density at radius 1 is 1.09 bits per heavy atom. The summed E-state index contributed by atoms with van der Waals surface area (Å²) in [6, 6.07) is 6.89. The van der Waals surface area contributed by atoms with E-state index in [1.807, 2.05) is 20.8 Å². The lowest BCUT2D eigenvalue weighted by Crippen LogP contribution is -2.51. The lowest BCUT2D eigenvalue weighted by Gasteiger charge is -2.35. The number of hydrogen-bond acceptors (Lipinski definition) is 3. The van der Waals surface area contributed by atoms with Crippen LogP contribution in [0.1, 0.15) is 31.1 Å². The summed E-state index contributed by atoms with van der Waals surface area (Å²) in [7, 11) is 0. The number of piperazine rings is 1. The Hall–Kier alpha value is -1.75. The van der Waals surface area contributed by atoms with Crippen LogP contribution in [-0.2, 0) is 4.74 Å². The fourth-order valence-electron chi connectivity index (χ4n) is 2.22. The van der Waals surface area contributed by atoms with Gasteiger partial charge in [-0.3, -0.25) is 4.79 Å². The molecule has 1 aromatic rings. The summed E-state index contributed by atoms with van der Waals surface area (Å²) in [5.74, 6) is -0.0636. The van der Waals surface area contributed by atoms with E-state index in [0.717, 1.165) is 0 Å².